The minimum Gasteiger partial charge on any atom is -0.369 e. The highest BCUT2D eigenvalue weighted by Gasteiger charge is 2.26. The van der Waals surface area contributed by atoms with E-state index < -0.39 is 0 Å². The Balaban J connectivity index is 1.49. The molecule has 0 unspecified atom stereocenters. The van der Waals surface area contributed by atoms with E-state index >= 15 is 0 Å². The van der Waals surface area contributed by atoms with Gasteiger partial charge >= 0.3 is 0 Å². The number of H-pyrrole nitrogens is 1. The molecule has 2 N–H and O–H groups in total. The summed E-state index contributed by atoms with van der Waals surface area (Å²) in [7, 11) is 2.16. The topological polar surface area (TPSA) is 64.3 Å². The molecule has 2 fully saturated rings. The van der Waals surface area contributed by atoms with Crippen molar-refractivity contribution >= 4 is 5.82 Å². The van der Waals surface area contributed by atoms with Gasteiger partial charge in [-0.1, -0.05) is 0 Å². The zero-order chi connectivity index (χ0) is 13.9. The predicted octanol–water partition coefficient (Wildman–Crippen LogP) is 0.307. The normalized spacial score (nSPS) is 21.1. The first kappa shape index (κ1) is 13.6. The van der Waals surface area contributed by atoms with Crippen molar-refractivity contribution in [3.63, 3.8) is 0 Å². The summed E-state index contributed by atoms with van der Waals surface area (Å²) in [5.74, 6) is 2.03. The van der Waals surface area contributed by atoms with Crippen molar-refractivity contribution in [3.05, 3.63) is 22.2 Å². The molecule has 3 rings (SSSR count). The van der Waals surface area contributed by atoms with Gasteiger partial charge in [0.2, 0.25) is 0 Å². The monoisotopic (exact) mass is 277 g/mol. The van der Waals surface area contributed by atoms with Crippen LogP contribution in [0.25, 0.3) is 0 Å². The van der Waals surface area contributed by atoms with Crippen LogP contribution in [0.1, 0.15) is 24.6 Å². The number of rotatable bonds is 5. The van der Waals surface area contributed by atoms with Crippen LogP contribution in [0.2, 0.25) is 0 Å². The second-order valence-corrected chi connectivity index (χ2v) is 5.86. The molecule has 20 heavy (non-hydrogen) atoms. The molecule has 1 aromatic rings. The number of hydrogen-bond donors (Lipinski definition) is 2. The maximum Gasteiger partial charge on any atom is 0.252 e. The van der Waals surface area contributed by atoms with Gasteiger partial charge in [-0.05, 0) is 19.9 Å². The molecule has 1 aromatic heterocycles. The first-order valence-corrected chi connectivity index (χ1v) is 7.47. The SMILES string of the molecule is CN1CCN(CCNc2cc(=O)[nH]c(C3CC3)n2)CC1. The van der Waals surface area contributed by atoms with Crippen LogP contribution in [0.4, 0.5) is 5.82 Å². The highest BCUT2D eigenvalue weighted by atomic mass is 16.1. The zero-order valence-corrected chi connectivity index (χ0v) is 12.1. The number of likely N-dealkylation sites (N-methyl/N-ethyl adjacent to an activating group) is 1. The zero-order valence-electron chi connectivity index (χ0n) is 12.1. The molecule has 0 radical (unpaired) electrons. The van der Waals surface area contributed by atoms with Crippen LogP contribution < -0.4 is 10.9 Å². The van der Waals surface area contributed by atoms with E-state index in [9.17, 15) is 4.79 Å². The lowest BCUT2D eigenvalue weighted by Gasteiger charge is -2.32. The molecule has 110 valence electrons. The van der Waals surface area contributed by atoms with Crippen LogP contribution in [0.3, 0.4) is 0 Å². The molecule has 0 spiro atoms. The van der Waals surface area contributed by atoms with Crippen LogP contribution in [0, 0.1) is 0 Å². The summed E-state index contributed by atoms with van der Waals surface area (Å²) < 4.78 is 0. The summed E-state index contributed by atoms with van der Waals surface area (Å²) in [5.41, 5.74) is -0.0519. The van der Waals surface area contributed by atoms with Crippen molar-refractivity contribution in [3.8, 4) is 0 Å². The van der Waals surface area contributed by atoms with Crippen LogP contribution in [0.5, 0.6) is 0 Å². The molecule has 2 heterocycles. The Hall–Kier alpha value is -1.40. The smallest absolute Gasteiger partial charge is 0.252 e. The summed E-state index contributed by atoms with van der Waals surface area (Å²) in [5, 5.41) is 3.28. The van der Waals surface area contributed by atoms with Crippen molar-refractivity contribution in [2.24, 2.45) is 0 Å². The first-order chi connectivity index (χ1) is 9.70. The van der Waals surface area contributed by atoms with Crippen LogP contribution >= 0.6 is 0 Å². The number of hydrogen-bond acceptors (Lipinski definition) is 5. The van der Waals surface area contributed by atoms with Gasteiger partial charge in [0.1, 0.15) is 11.6 Å². The second kappa shape index (κ2) is 5.93. The molecule has 0 amide bonds. The van der Waals surface area contributed by atoms with E-state index in [1.54, 1.807) is 6.07 Å². The Morgan fingerprint density at radius 1 is 1.35 bits per heavy atom. The van der Waals surface area contributed by atoms with E-state index in [1.807, 2.05) is 0 Å². The summed E-state index contributed by atoms with van der Waals surface area (Å²) in [6, 6.07) is 1.55. The average Bonchev–Trinajstić information content (AvgIpc) is 3.25. The van der Waals surface area contributed by atoms with E-state index in [2.05, 4.69) is 32.1 Å². The molecule has 1 aliphatic carbocycles. The van der Waals surface area contributed by atoms with Gasteiger partial charge in [0, 0.05) is 51.3 Å². The van der Waals surface area contributed by atoms with Gasteiger partial charge in [0.25, 0.3) is 5.56 Å². The average molecular weight is 277 g/mol. The first-order valence-electron chi connectivity index (χ1n) is 7.47. The number of nitrogens with one attached hydrogen (secondary N) is 2. The van der Waals surface area contributed by atoms with Gasteiger partial charge in [-0.2, -0.15) is 0 Å². The summed E-state index contributed by atoms with van der Waals surface area (Å²) in [4.78, 5) is 23.7. The Labute approximate surface area is 119 Å². The number of nitrogens with zero attached hydrogens (tertiary/aromatic N) is 3. The highest BCUT2D eigenvalue weighted by molar-refractivity contribution is 5.33. The number of anilines is 1. The molecule has 2 aliphatic rings. The number of aromatic nitrogens is 2. The molecule has 6 heteroatoms. The molecule has 0 bridgehead atoms. The van der Waals surface area contributed by atoms with Gasteiger partial charge in [0.15, 0.2) is 0 Å². The van der Waals surface area contributed by atoms with Gasteiger partial charge in [0.05, 0.1) is 0 Å². The fourth-order valence-electron chi connectivity index (χ4n) is 2.53. The van der Waals surface area contributed by atoms with Gasteiger partial charge in [-0.3, -0.25) is 9.69 Å². The van der Waals surface area contributed by atoms with Crippen molar-refractivity contribution in [2.45, 2.75) is 18.8 Å². The fourth-order valence-corrected chi connectivity index (χ4v) is 2.53. The van der Waals surface area contributed by atoms with E-state index in [0.29, 0.717) is 11.7 Å². The lowest BCUT2D eigenvalue weighted by atomic mass is 10.3. The largest absolute Gasteiger partial charge is 0.369 e. The lowest BCUT2D eigenvalue weighted by Crippen LogP contribution is -2.45. The lowest BCUT2D eigenvalue weighted by molar-refractivity contribution is 0.158. The van der Waals surface area contributed by atoms with Gasteiger partial charge in [-0.15, -0.1) is 0 Å². The van der Waals surface area contributed by atoms with Crippen LogP contribution in [-0.4, -0.2) is 66.1 Å². The van der Waals surface area contributed by atoms with Crippen molar-refractivity contribution in [1.29, 1.82) is 0 Å². The maximum absolute atomic E-state index is 11.6. The molecule has 0 atom stereocenters. The Morgan fingerprint density at radius 3 is 2.80 bits per heavy atom. The quantitative estimate of drug-likeness (QED) is 0.811. The molecule has 1 aliphatic heterocycles. The van der Waals surface area contributed by atoms with Gasteiger partial charge < -0.3 is 15.2 Å². The minimum absolute atomic E-state index is 0.0519. The standard InChI is InChI=1S/C14H23N5O/c1-18-6-8-19(9-7-18)5-4-15-12-10-13(20)17-14(16-12)11-2-3-11/h10-11H,2-9H2,1H3,(H2,15,16,17,20). The third-order valence-electron chi connectivity index (χ3n) is 4.05. The maximum atomic E-state index is 11.6. The van der Waals surface area contributed by atoms with Crippen molar-refractivity contribution < 1.29 is 0 Å². The van der Waals surface area contributed by atoms with E-state index in [-0.39, 0.29) is 5.56 Å². The van der Waals surface area contributed by atoms with E-state index in [0.717, 1.165) is 57.9 Å². The Morgan fingerprint density at radius 2 is 2.10 bits per heavy atom. The van der Waals surface area contributed by atoms with Crippen LogP contribution in [-0.2, 0) is 0 Å². The molecule has 6 nitrogen and oxygen atoms in total. The highest BCUT2D eigenvalue weighted by Crippen LogP contribution is 2.37. The Bertz CT molecular complexity index is 503. The van der Waals surface area contributed by atoms with E-state index in [1.165, 1.54) is 0 Å². The Kier molecular flexibility index (Phi) is 4.03. The van der Waals surface area contributed by atoms with Crippen molar-refractivity contribution in [2.75, 3.05) is 51.6 Å². The summed E-state index contributed by atoms with van der Waals surface area (Å²) in [6.45, 7) is 6.35. The predicted molar refractivity (Wildman–Crippen MR) is 79.3 cm³/mol. The molecule has 1 saturated heterocycles. The van der Waals surface area contributed by atoms with Crippen molar-refractivity contribution in [1.82, 2.24) is 19.8 Å². The second-order valence-electron chi connectivity index (χ2n) is 5.86. The molecule has 0 aromatic carbocycles. The van der Waals surface area contributed by atoms with Gasteiger partial charge in [-0.25, -0.2) is 4.98 Å². The summed E-state index contributed by atoms with van der Waals surface area (Å²) >= 11 is 0. The minimum atomic E-state index is -0.0519. The molecule has 1 saturated carbocycles. The van der Waals surface area contributed by atoms with E-state index in [4.69, 9.17) is 0 Å². The van der Waals surface area contributed by atoms with Crippen LogP contribution in [0.15, 0.2) is 10.9 Å². The summed E-state index contributed by atoms with van der Waals surface area (Å²) in [6.07, 6.45) is 2.29. The number of aromatic amines is 1. The fraction of sp³-hybridized carbons (Fsp3) is 0.714. The third kappa shape index (κ3) is 3.58. The number of piperazine rings is 1. The third-order valence-corrected chi connectivity index (χ3v) is 4.05. The molecular formula is C14H23N5O. The molecular weight excluding hydrogens is 254 g/mol.